The predicted octanol–water partition coefficient (Wildman–Crippen LogP) is 2.96. The average molecular weight is 287 g/mol. The van der Waals surface area contributed by atoms with Gasteiger partial charge in [0.05, 0.1) is 19.8 Å². The first-order valence-corrected chi connectivity index (χ1v) is 6.33. The van der Waals surface area contributed by atoms with Gasteiger partial charge in [-0.05, 0) is 31.2 Å². The van der Waals surface area contributed by atoms with Gasteiger partial charge >= 0.3 is 5.97 Å². The second-order valence-electron chi connectivity index (χ2n) is 4.66. The zero-order valence-corrected chi connectivity index (χ0v) is 12.1. The summed E-state index contributed by atoms with van der Waals surface area (Å²) in [4.78, 5) is 11.3. The molecule has 0 aromatic heterocycles. The molecule has 0 heterocycles. The Balaban J connectivity index is 2.79. The fourth-order valence-corrected chi connectivity index (χ4v) is 2.19. The topological polar surface area (TPSA) is 81.8 Å². The highest BCUT2D eigenvalue weighted by atomic mass is 16.5. The van der Waals surface area contributed by atoms with E-state index in [0.717, 1.165) is 5.56 Å². The minimum absolute atomic E-state index is 0.114. The Morgan fingerprint density at radius 2 is 1.81 bits per heavy atom. The van der Waals surface area contributed by atoms with E-state index in [1.807, 2.05) is 19.1 Å². The molecule has 21 heavy (non-hydrogen) atoms. The average Bonchev–Trinajstić information content (AvgIpc) is 2.48. The van der Waals surface area contributed by atoms with E-state index < -0.39 is 5.97 Å². The molecule has 0 saturated heterocycles. The number of anilines is 1. The van der Waals surface area contributed by atoms with Gasteiger partial charge in [0.2, 0.25) is 0 Å². The Bertz CT molecular complexity index is 695. The van der Waals surface area contributed by atoms with Crippen molar-refractivity contribution in [2.24, 2.45) is 0 Å². The fourth-order valence-electron chi connectivity index (χ4n) is 2.19. The molecule has 0 aliphatic carbocycles. The molecule has 0 radical (unpaired) electrons. The summed E-state index contributed by atoms with van der Waals surface area (Å²) < 4.78 is 10.6. The molecule has 110 valence electrons. The van der Waals surface area contributed by atoms with Crippen LogP contribution in [0.2, 0.25) is 0 Å². The quantitative estimate of drug-likeness (QED) is 0.845. The van der Waals surface area contributed by atoms with Crippen molar-refractivity contribution in [3.63, 3.8) is 0 Å². The van der Waals surface area contributed by atoms with E-state index in [-0.39, 0.29) is 5.56 Å². The first kappa shape index (κ1) is 14.7. The zero-order valence-electron chi connectivity index (χ0n) is 12.1. The van der Waals surface area contributed by atoms with Crippen molar-refractivity contribution in [2.45, 2.75) is 6.92 Å². The third kappa shape index (κ3) is 2.76. The van der Waals surface area contributed by atoms with Gasteiger partial charge in [-0.3, -0.25) is 0 Å². The summed E-state index contributed by atoms with van der Waals surface area (Å²) in [6, 6.07) is 8.53. The molecule has 0 aliphatic heterocycles. The van der Waals surface area contributed by atoms with E-state index >= 15 is 0 Å². The normalized spacial score (nSPS) is 10.2. The molecule has 0 unspecified atom stereocenters. The van der Waals surface area contributed by atoms with E-state index in [4.69, 9.17) is 15.2 Å². The van der Waals surface area contributed by atoms with Crippen molar-refractivity contribution in [3.05, 3.63) is 41.5 Å². The summed E-state index contributed by atoms with van der Waals surface area (Å²) in [6.45, 7) is 1.94. The van der Waals surface area contributed by atoms with Crippen LogP contribution in [0.5, 0.6) is 11.5 Å². The number of hydrogen-bond donors (Lipinski definition) is 2. The van der Waals surface area contributed by atoms with Gasteiger partial charge in [-0.15, -0.1) is 0 Å². The predicted molar refractivity (Wildman–Crippen MR) is 81.1 cm³/mol. The molecular weight excluding hydrogens is 270 g/mol. The van der Waals surface area contributed by atoms with Gasteiger partial charge in [0.15, 0.2) is 11.5 Å². The standard InChI is InChI=1S/C16H17NO4/c1-9-4-5-13(17)11(6-9)12-7-10(16(18)19)8-14(20-2)15(12)21-3/h4-8H,17H2,1-3H3,(H,18,19). The molecule has 0 amide bonds. The Kier molecular flexibility index (Phi) is 4.03. The first-order chi connectivity index (χ1) is 9.97. The van der Waals surface area contributed by atoms with Crippen molar-refractivity contribution >= 4 is 11.7 Å². The lowest BCUT2D eigenvalue weighted by Gasteiger charge is -2.16. The lowest BCUT2D eigenvalue weighted by molar-refractivity contribution is 0.0696. The SMILES string of the molecule is COc1cc(C(=O)O)cc(-c2cc(C)ccc2N)c1OC. The van der Waals surface area contributed by atoms with Crippen molar-refractivity contribution in [1.29, 1.82) is 0 Å². The van der Waals surface area contributed by atoms with E-state index in [0.29, 0.717) is 28.3 Å². The Hall–Kier alpha value is -2.69. The fraction of sp³-hybridized carbons (Fsp3) is 0.188. The molecule has 5 nitrogen and oxygen atoms in total. The molecule has 2 aromatic carbocycles. The van der Waals surface area contributed by atoms with Gasteiger partial charge in [-0.2, -0.15) is 0 Å². The smallest absolute Gasteiger partial charge is 0.335 e. The highest BCUT2D eigenvalue weighted by molar-refractivity contribution is 5.93. The van der Waals surface area contributed by atoms with Crippen LogP contribution in [0.25, 0.3) is 11.1 Å². The van der Waals surface area contributed by atoms with Crippen molar-refractivity contribution in [1.82, 2.24) is 0 Å². The number of carbonyl (C=O) groups is 1. The van der Waals surface area contributed by atoms with Crippen LogP contribution < -0.4 is 15.2 Å². The van der Waals surface area contributed by atoms with Crippen LogP contribution in [0, 0.1) is 6.92 Å². The number of nitrogen functional groups attached to an aromatic ring is 1. The van der Waals surface area contributed by atoms with E-state index in [9.17, 15) is 9.90 Å². The number of carboxylic acid groups (broad SMARTS) is 1. The largest absolute Gasteiger partial charge is 0.493 e. The van der Waals surface area contributed by atoms with Crippen LogP contribution in [-0.2, 0) is 0 Å². The van der Waals surface area contributed by atoms with Gasteiger partial charge in [-0.1, -0.05) is 11.6 Å². The van der Waals surface area contributed by atoms with Crippen molar-refractivity contribution < 1.29 is 19.4 Å². The minimum atomic E-state index is -1.04. The molecule has 2 aromatic rings. The molecule has 0 aliphatic rings. The monoisotopic (exact) mass is 287 g/mol. The number of ether oxygens (including phenoxy) is 2. The number of rotatable bonds is 4. The molecular formula is C16H17NO4. The summed E-state index contributed by atoms with van der Waals surface area (Å²) in [5.74, 6) is -0.225. The maximum absolute atomic E-state index is 11.3. The second-order valence-corrected chi connectivity index (χ2v) is 4.66. The van der Waals surface area contributed by atoms with Crippen molar-refractivity contribution in [3.8, 4) is 22.6 Å². The number of aromatic carboxylic acids is 1. The molecule has 3 N–H and O–H groups in total. The van der Waals surface area contributed by atoms with E-state index in [2.05, 4.69) is 0 Å². The summed E-state index contributed by atoms with van der Waals surface area (Å²) >= 11 is 0. The van der Waals surface area contributed by atoms with Gasteiger partial charge < -0.3 is 20.3 Å². The van der Waals surface area contributed by atoms with Crippen LogP contribution in [-0.4, -0.2) is 25.3 Å². The molecule has 0 spiro atoms. The third-order valence-electron chi connectivity index (χ3n) is 3.22. The summed E-state index contributed by atoms with van der Waals surface area (Å²) in [6.07, 6.45) is 0. The Labute approximate surface area is 122 Å². The lowest BCUT2D eigenvalue weighted by Crippen LogP contribution is -2.02. The van der Waals surface area contributed by atoms with Gasteiger partial charge in [-0.25, -0.2) is 4.79 Å². The number of carboxylic acids is 1. The van der Waals surface area contributed by atoms with E-state index in [1.165, 1.54) is 26.4 Å². The van der Waals surface area contributed by atoms with Crippen molar-refractivity contribution in [2.75, 3.05) is 20.0 Å². The summed E-state index contributed by atoms with van der Waals surface area (Å²) in [5.41, 5.74) is 9.00. The highest BCUT2D eigenvalue weighted by Gasteiger charge is 2.18. The highest BCUT2D eigenvalue weighted by Crippen LogP contribution is 2.41. The van der Waals surface area contributed by atoms with Crippen LogP contribution in [0.3, 0.4) is 0 Å². The lowest BCUT2D eigenvalue weighted by atomic mass is 9.98. The summed E-state index contributed by atoms with van der Waals surface area (Å²) in [5, 5.41) is 9.24. The Morgan fingerprint density at radius 3 is 2.38 bits per heavy atom. The van der Waals surface area contributed by atoms with Crippen LogP contribution in [0.15, 0.2) is 30.3 Å². The molecule has 2 rings (SSSR count). The van der Waals surface area contributed by atoms with Gasteiger partial charge in [0.1, 0.15) is 0 Å². The number of benzene rings is 2. The molecule has 0 saturated carbocycles. The first-order valence-electron chi connectivity index (χ1n) is 6.33. The molecule has 0 bridgehead atoms. The molecule has 0 atom stereocenters. The zero-order chi connectivity index (χ0) is 15.6. The number of hydrogen-bond acceptors (Lipinski definition) is 4. The number of methoxy groups -OCH3 is 2. The minimum Gasteiger partial charge on any atom is -0.493 e. The Morgan fingerprint density at radius 1 is 1.10 bits per heavy atom. The maximum atomic E-state index is 11.3. The molecule has 5 heteroatoms. The summed E-state index contributed by atoms with van der Waals surface area (Å²) in [7, 11) is 2.97. The molecule has 0 fully saturated rings. The number of aryl methyl sites for hydroxylation is 1. The number of nitrogens with two attached hydrogens (primary N) is 1. The second kappa shape index (κ2) is 5.75. The van der Waals surface area contributed by atoms with Gasteiger partial charge in [0.25, 0.3) is 0 Å². The van der Waals surface area contributed by atoms with Crippen LogP contribution in [0.4, 0.5) is 5.69 Å². The third-order valence-corrected chi connectivity index (χ3v) is 3.22. The van der Waals surface area contributed by atoms with E-state index in [1.54, 1.807) is 6.07 Å². The van der Waals surface area contributed by atoms with Crippen LogP contribution >= 0.6 is 0 Å². The van der Waals surface area contributed by atoms with Crippen LogP contribution in [0.1, 0.15) is 15.9 Å². The maximum Gasteiger partial charge on any atom is 0.335 e. The van der Waals surface area contributed by atoms with Gasteiger partial charge in [0, 0.05) is 16.8 Å².